The van der Waals surface area contributed by atoms with Crippen LogP contribution in [0, 0.1) is 5.82 Å². The number of hydrogen-bond donors (Lipinski definition) is 2. The zero-order valence-corrected chi connectivity index (χ0v) is 11.3. The third-order valence-electron chi connectivity index (χ3n) is 2.99. The number of hydrogen-bond acceptors (Lipinski definition) is 2. The second kappa shape index (κ2) is 6.19. The van der Waals surface area contributed by atoms with E-state index in [9.17, 15) is 9.18 Å². The first-order valence-corrected chi connectivity index (χ1v) is 6.45. The van der Waals surface area contributed by atoms with Crippen LogP contribution in [0.5, 0.6) is 0 Å². The van der Waals surface area contributed by atoms with Gasteiger partial charge in [-0.25, -0.2) is 4.39 Å². The van der Waals surface area contributed by atoms with Crippen molar-refractivity contribution < 1.29 is 9.18 Å². The second-order valence-corrected chi connectivity index (χ2v) is 4.82. The van der Waals surface area contributed by atoms with E-state index in [1.807, 2.05) is 19.1 Å². The van der Waals surface area contributed by atoms with Crippen molar-refractivity contribution in [3.05, 3.63) is 65.5 Å². The smallest absolute Gasteiger partial charge is 0.248 e. The topological polar surface area (TPSA) is 55.1 Å². The Bertz CT molecular complexity index is 613. The number of rotatable bonds is 5. The Labute approximate surface area is 117 Å². The molecule has 0 aliphatic rings. The average molecular weight is 272 g/mol. The van der Waals surface area contributed by atoms with E-state index >= 15 is 0 Å². The molecule has 3 N–H and O–H groups in total. The molecule has 0 heterocycles. The van der Waals surface area contributed by atoms with Gasteiger partial charge in [0.1, 0.15) is 5.82 Å². The van der Waals surface area contributed by atoms with E-state index in [1.54, 1.807) is 24.3 Å². The highest BCUT2D eigenvalue weighted by Crippen LogP contribution is 2.14. The minimum Gasteiger partial charge on any atom is -0.382 e. The minimum absolute atomic E-state index is 0.111. The molecule has 104 valence electrons. The van der Waals surface area contributed by atoms with Gasteiger partial charge < -0.3 is 11.1 Å². The molecule has 1 amide bonds. The number of anilines is 1. The van der Waals surface area contributed by atoms with E-state index < -0.39 is 5.91 Å². The molecule has 0 aliphatic heterocycles. The number of amides is 1. The summed E-state index contributed by atoms with van der Waals surface area (Å²) in [6.45, 7) is 2.00. The van der Waals surface area contributed by atoms with E-state index in [0.717, 1.165) is 11.3 Å². The molecule has 0 radical (unpaired) electrons. The number of carbonyl (C=O) groups is 1. The molecule has 2 aromatic rings. The van der Waals surface area contributed by atoms with Gasteiger partial charge in [0, 0.05) is 17.3 Å². The Morgan fingerprint density at radius 1 is 1.25 bits per heavy atom. The summed E-state index contributed by atoms with van der Waals surface area (Å²) < 4.78 is 13.1. The van der Waals surface area contributed by atoms with E-state index in [0.29, 0.717) is 12.0 Å². The summed E-state index contributed by atoms with van der Waals surface area (Å²) in [7, 11) is 0. The molecule has 20 heavy (non-hydrogen) atoms. The first-order valence-electron chi connectivity index (χ1n) is 6.45. The van der Waals surface area contributed by atoms with Crippen LogP contribution in [0.2, 0.25) is 0 Å². The lowest BCUT2D eigenvalue weighted by molar-refractivity contribution is 0.100. The number of nitrogens with two attached hydrogens (primary N) is 1. The zero-order valence-electron chi connectivity index (χ0n) is 11.3. The van der Waals surface area contributed by atoms with Crippen molar-refractivity contribution in [1.29, 1.82) is 0 Å². The molecule has 0 saturated carbocycles. The fourth-order valence-corrected chi connectivity index (χ4v) is 2.12. The van der Waals surface area contributed by atoms with Crippen LogP contribution in [-0.2, 0) is 6.42 Å². The van der Waals surface area contributed by atoms with Gasteiger partial charge in [-0.3, -0.25) is 4.79 Å². The predicted octanol–water partition coefficient (Wildman–Crippen LogP) is 2.97. The van der Waals surface area contributed by atoms with Crippen LogP contribution in [0.15, 0.2) is 48.5 Å². The molecule has 0 saturated heterocycles. The van der Waals surface area contributed by atoms with Gasteiger partial charge in [0.05, 0.1) is 0 Å². The quantitative estimate of drug-likeness (QED) is 0.879. The molecule has 0 bridgehead atoms. The third kappa shape index (κ3) is 3.82. The Morgan fingerprint density at radius 2 is 2.00 bits per heavy atom. The van der Waals surface area contributed by atoms with Gasteiger partial charge >= 0.3 is 0 Å². The third-order valence-corrected chi connectivity index (χ3v) is 2.99. The molecule has 1 atom stereocenters. The van der Waals surface area contributed by atoms with Crippen molar-refractivity contribution in [2.45, 2.75) is 19.4 Å². The van der Waals surface area contributed by atoms with Gasteiger partial charge in [0.25, 0.3) is 0 Å². The summed E-state index contributed by atoms with van der Waals surface area (Å²) in [5.74, 6) is -0.683. The van der Waals surface area contributed by atoms with Crippen LogP contribution >= 0.6 is 0 Å². The molecule has 4 heteroatoms. The monoisotopic (exact) mass is 272 g/mol. The largest absolute Gasteiger partial charge is 0.382 e. The summed E-state index contributed by atoms with van der Waals surface area (Å²) in [5.41, 5.74) is 7.46. The van der Waals surface area contributed by atoms with Crippen molar-refractivity contribution >= 4 is 11.6 Å². The van der Waals surface area contributed by atoms with Crippen molar-refractivity contribution in [2.24, 2.45) is 5.73 Å². The number of primary amides is 1. The predicted molar refractivity (Wildman–Crippen MR) is 78.1 cm³/mol. The normalized spacial score (nSPS) is 11.9. The first kappa shape index (κ1) is 14.1. The van der Waals surface area contributed by atoms with E-state index in [1.165, 1.54) is 12.1 Å². The van der Waals surface area contributed by atoms with Gasteiger partial charge in [0.2, 0.25) is 5.91 Å². The molecule has 2 aromatic carbocycles. The minimum atomic E-state index is -0.452. The summed E-state index contributed by atoms with van der Waals surface area (Å²) in [5, 5.41) is 3.27. The van der Waals surface area contributed by atoms with Crippen molar-refractivity contribution in [3.8, 4) is 0 Å². The van der Waals surface area contributed by atoms with Crippen LogP contribution < -0.4 is 11.1 Å². The summed E-state index contributed by atoms with van der Waals surface area (Å²) in [6, 6.07) is 13.7. The van der Waals surface area contributed by atoms with Crippen LogP contribution in [0.25, 0.3) is 0 Å². The summed E-state index contributed by atoms with van der Waals surface area (Å²) in [6.07, 6.45) is 0.693. The fraction of sp³-hybridized carbons (Fsp3) is 0.188. The lowest BCUT2D eigenvalue weighted by atomic mass is 10.1. The van der Waals surface area contributed by atoms with Crippen LogP contribution in [0.1, 0.15) is 22.8 Å². The lowest BCUT2D eigenvalue weighted by Crippen LogP contribution is -2.19. The summed E-state index contributed by atoms with van der Waals surface area (Å²) in [4.78, 5) is 11.1. The maximum absolute atomic E-state index is 13.1. The van der Waals surface area contributed by atoms with E-state index in [2.05, 4.69) is 5.32 Å². The molecule has 0 aromatic heterocycles. The molecular weight excluding hydrogens is 255 g/mol. The SMILES string of the molecule is CC(Cc1cccc(F)c1)Nc1cccc(C(N)=O)c1. The Hall–Kier alpha value is -2.36. The van der Waals surface area contributed by atoms with Gasteiger partial charge in [-0.1, -0.05) is 18.2 Å². The molecule has 2 rings (SSSR count). The van der Waals surface area contributed by atoms with Gasteiger partial charge in [-0.2, -0.15) is 0 Å². The fourth-order valence-electron chi connectivity index (χ4n) is 2.12. The molecular formula is C16H17FN2O. The number of benzene rings is 2. The van der Waals surface area contributed by atoms with Gasteiger partial charge in [-0.15, -0.1) is 0 Å². The Kier molecular flexibility index (Phi) is 4.35. The van der Waals surface area contributed by atoms with Gasteiger partial charge in [-0.05, 0) is 49.2 Å². The lowest BCUT2D eigenvalue weighted by Gasteiger charge is -2.16. The highest BCUT2D eigenvalue weighted by Gasteiger charge is 2.06. The molecule has 0 aliphatic carbocycles. The van der Waals surface area contributed by atoms with Crippen LogP contribution in [-0.4, -0.2) is 11.9 Å². The molecule has 0 fully saturated rings. The van der Waals surface area contributed by atoms with Gasteiger partial charge in [0.15, 0.2) is 0 Å². The maximum atomic E-state index is 13.1. The van der Waals surface area contributed by atoms with Crippen LogP contribution in [0.3, 0.4) is 0 Å². The zero-order chi connectivity index (χ0) is 14.5. The number of nitrogens with one attached hydrogen (secondary N) is 1. The summed E-state index contributed by atoms with van der Waals surface area (Å²) >= 11 is 0. The Morgan fingerprint density at radius 3 is 2.70 bits per heavy atom. The van der Waals surface area contributed by atoms with E-state index in [4.69, 9.17) is 5.73 Å². The van der Waals surface area contributed by atoms with Crippen molar-refractivity contribution in [3.63, 3.8) is 0 Å². The Balaban J connectivity index is 2.02. The highest BCUT2D eigenvalue weighted by atomic mass is 19.1. The molecule has 1 unspecified atom stereocenters. The highest BCUT2D eigenvalue weighted by molar-refractivity contribution is 5.93. The van der Waals surface area contributed by atoms with E-state index in [-0.39, 0.29) is 11.9 Å². The molecule has 3 nitrogen and oxygen atoms in total. The van der Waals surface area contributed by atoms with Crippen LogP contribution in [0.4, 0.5) is 10.1 Å². The number of halogens is 1. The van der Waals surface area contributed by atoms with Crippen molar-refractivity contribution in [2.75, 3.05) is 5.32 Å². The van der Waals surface area contributed by atoms with Crippen molar-refractivity contribution in [1.82, 2.24) is 0 Å². The standard InChI is InChI=1S/C16H17FN2O/c1-11(8-12-4-2-6-14(17)9-12)19-15-7-3-5-13(10-15)16(18)20/h2-7,9-11,19H,8H2,1H3,(H2,18,20). The molecule has 0 spiro atoms. The first-order chi connectivity index (χ1) is 9.54. The number of carbonyl (C=O) groups excluding carboxylic acids is 1. The second-order valence-electron chi connectivity index (χ2n) is 4.82. The average Bonchev–Trinajstić information content (AvgIpc) is 2.38. The maximum Gasteiger partial charge on any atom is 0.248 e.